The number of ether oxygens (including phenoxy) is 2. The number of halogens is 1. The Kier molecular flexibility index (Phi) is 7.30. The number of carbonyl (C=O) groups is 1. The second-order valence-electron chi connectivity index (χ2n) is 8.37. The number of benzene rings is 1. The monoisotopic (exact) mass is 454 g/mol. The minimum Gasteiger partial charge on any atom is -0.496 e. The standard InChI is InChI=1S/C21H27ClN2O3S2/c1-13(25)27-21(5,6)12-24-11-17(20(2,3)4)29-19(24)23-18(28)15-10-14(22)8-9-16(15)26-7/h8-11H,12H2,1-7H3. The Morgan fingerprint density at radius 3 is 2.48 bits per heavy atom. The lowest BCUT2D eigenvalue weighted by Crippen LogP contribution is -2.35. The van der Waals surface area contributed by atoms with E-state index < -0.39 is 5.60 Å². The summed E-state index contributed by atoms with van der Waals surface area (Å²) in [6.45, 7) is 12.0. The van der Waals surface area contributed by atoms with Crippen LogP contribution in [0, 0.1) is 0 Å². The largest absolute Gasteiger partial charge is 0.496 e. The fraction of sp³-hybridized carbons (Fsp3) is 0.476. The Morgan fingerprint density at radius 2 is 1.93 bits per heavy atom. The molecule has 5 nitrogen and oxygen atoms in total. The molecule has 0 N–H and O–H groups in total. The molecule has 0 saturated carbocycles. The number of aromatic nitrogens is 1. The zero-order valence-corrected chi connectivity index (χ0v) is 20.2. The molecule has 2 rings (SSSR count). The first-order chi connectivity index (χ1) is 13.3. The van der Waals surface area contributed by atoms with Crippen LogP contribution in [-0.4, -0.2) is 28.2 Å². The van der Waals surface area contributed by atoms with E-state index in [0.717, 1.165) is 9.68 Å². The van der Waals surface area contributed by atoms with Gasteiger partial charge in [-0.1, -0.05) is 44.6 Å². The molecule has 0 radical (unpaired) electrons. The van der Waals surface area contributed by atoms with Crippen LogP contribution in [0.5, 0.6) is 5.75 Å². The van der Waals surface area contributed by atoms with E-state index >= 15 is 0 Å². The summed E-state index contributed by atoms with van der Waals surface area (Å²) in [6.07, 6.45) is 2.05. The van der Waals surface area contributed by atoms with Crippen LogP contribution < -0.4 is 9.54 Å². The minimum absolute atomic E-state index is 0.0544. The van der Waals surface area contributed by atoms with Gasteiger partial charge in [0.05, 0.1) is 19.2 Å². The van der Waals surface area contributed by atoms with Gasteiger partial charge in [-0.05, 0) is 37.5 Å². The molecule has 0 saturated heterocycles. The maximum Gasteiger partial charge on any atom is 0.303 e. The van der Waals surface area contributed by atoms with Crippen molar-refractivity contribution in [1.82, 2.24) is 4.57 Å². The topological polar surface area (TPSA) is 52.8 Å². The predicted molar refractivity (Wildman–Crippen MR) is 122 cm³/mol. The van der Waals surface area contributed by atoms with Crippen LogP contribution in [0.2, 0.25) is 5.02 Å². The number of rotatable bonds is 5. The predicted octanol–water partition coefficient (Wildman–Crippen LogP) is 5.13. The van der Waals surface area contributed by atoms with E-state index in [4.69, 9.17) is 38.3 Å². The molecule has 0 bridgehead atoms. The third kappa shape index (κ3) is 6.39. The number of hydrogen-bond donors (Lipinski definition) is 0. The molecule has 1 aromatic carbocycles. The minimum atomic E-state index is -0.688. The van der Waals surface area contributed by atoms with E-state index in [1.165, 1.54) is 6.92 Å². The molecule has 0 aliphatic rings. The van der Waals surface area contributed by atoms with Gasteiger partial charge in [0.15, 0.2) is 4.80 Å². The Hall–Kier alpha value is -1.70. The third-order valence-electron chi connectivity index (χ3n) is 4.02. The van der Waals surface area contributed by atoms with Crippen LogP contribution in [0.15, 0.2) is 29.4 Å². The van der Waals surface area contributed by atoms with E-state index in [0.29, 0.717) is 27.9 Å². The zero-order valence-electron chi connectivity index (χ0n) is 17.8. The van der Waals surface area contributed by atoms with Crippen molar-refractivity contribution >= 4 is 46.1 Å². The second-order valence-corrected chi connectivity index (χ2v) is 10.2. The number of hydrogen-bond acceptors (Lipinski definition) is 5. The Labute approximate surface area is 186 Å². The third-order valence-corrected chi connectivity index (χ3v) is 6.01. The van der Waals surface area contributed by atoms with Crippen molar-refractivity contribution in [2.75, 3.05) is 7.11 Å². The number of esters is 1. The average Bonchev–Trinajstić information content (AvgIpc) is 2.95. The first kappa shape index (κ1) is 23.6. The van der Waals surface area contributed by atoms with E-state index in [-0.39, 0.29) is 11.4 Å². The van der Waals surface area contributed by atoms with Crippen molar-refractivity contribution in [3.63, 3.8) is 0 Å². The van der Waals surface area contributed by atoms with Gasteiger partial charge in [-0.25, -0.2) is 4.99 Å². The molecule has 1 aromatic heterocycles. The quantitative estimate of drug-likeness (QED) is 0.464. The van der Waals surface area contributed by atoms with Crippen LogP contribution in [0.25, 0.3) is 0 Å². The smallest absolute Gasteiger partial charge is 0.303 e. The van der Waals surface area contributed by atoms with Gasteiger partial charge in [0.25, 0.3) is 0 Å². The van der Waals surface area contributed by atoms with Crippen molar-refractivity contribution in [3.05, 3.63) is 44.7 Å². The van der Waals surface area contributed by atoms with Crippen molar-refractivity contribution in [2.24, 2.45) is 4.99 Å². The highest BCUT2D eigenvalue weighted by Crippen LogP contribution is 2.27. The van der Waals surface area contributed by atoms with Gasteiger partial charge >= 0.3 is 5.97 Å². The number of nitrogens with zero attached hydrogens (tertiary/aromatic N) is 2. The van der Waals surface area contributed by atoms with Gasteiger partial charge in [-0.15, -0.1) is 11.3 Å². The zero-order chi connectivity index (χ0) is 22.0. The average molecular weight is 455 g/mol. The lowest BCUT2D eigenvalue weighted by Gasteiger charge is -2.25. The van der Waals surface area contributed by atoms with Crippen LogP contribution in [-0.2, 0) is 21.5 Å². The van der Waals surface area contributed by atoms with Gasteiger partial charge < -0.3 is 14.0 Å². The summed E-state index contributed by atoms with van der Waals surface area (Å²) in [6, 6.07) is 5.27. The molecule has 0 amide bonds. The lowest BCUT2D eigenvalue weighted by molar-refractivity contribution is -0.154. The molecule has 1 heterocycles. The molecule has 0 aliphatic heterocycles. The van der Waals surface area contributed by atoms with Gasteiger partial charge in [0.1, 0.15) is 16.3 Å². The molecular weight excluding hydrogens is 428 g/mol. The van der Waals surface area contributed by atoms with Crippen LogP contribution in [0.4, 0.5) is 0 Å². The first-order valence-electron chi connectivity index (χ1n) is 9.15. The van der Waals surface area contributed by atoms with Crippen molar-refractivity contribution in [1.29, 1.82) is 0 Å². The van der Waals surface area contributed by atoms with Crippen molar-refractivity contribution in [3.8, 4) is 5.75 Å². The summed E-state index contributed by atoms with van der Waals surface area (Å²) in [5, 5.41) is 0.559. The number of methoxy groups -OCH3 is 1. The van der Waals surface area contributed by atoms with Crippen LogP contribution in [0.3, 0.4) is 0 Å². The number of carbonyl (C=O) groups excluding carboxylic acids is 1. The fourth-order valence-electron chi connectivity index (χ4n) is 2.75. The van der Waals surface area contributed by atoms with Gasteiger partial charge in [-0.3, -0.25) is 4.79 Å². The maximum absolute atomic E-state index is 11.5. The Morgan fingerprint density at radius 1 is 1.28 bits per heavy atom. The number of thiocarbonyl (C=S) groups is 1. The van der Waals surface area contributed by atoms with Gasteiger partial charge in [0.2, 0.25) is 0 Å². The molecule has 158 valence electrons. The molecule has 2 aromatic rings. The molecule has 0 unspecified atom stereocenters. The Balaban J connectivity index is 2.55. The van der Waals surface area contributed by atoms with Crippen LogP contribution in [0.1, 0.15) is 52.0 Å². The second kappa shape index (κ2) is 8.98. The normalized spacial score (nSPS) is 12.8. The van der Waals surface area contributed by atoms with E-state index in [9.17, 15) is 4.79 Å². The Bertz CT molecular complexity index is 985. The molecule has 0 aliphatic carbocycles. The summed E-state index contributed by atoms with van der Waals surface area (Å²) in [5.41, 5.74) is -0.0838. The van der Waals surface area contributed by atoms with Crippen molar-refractivity contribution < 1.29 is 14.3 Å². The van der Waals surface area contributed by atoms with E-state index in [1.807, 2.05) is 24.6 Å². The number of thiazole rings is 1. The fourth-order valence-corrected chi connectivity index (χ4v) is 4.28. The molecule has 0 fully saturated rings. The summed E-state index contributed by atoms with van der Waals surface area (Å²) >= 11 is 13.3. The summed E-state index contributed by atoms with van der Waals surface area (Å²) in [7, 11) is 1.58. The highest BCUT2D eigenvalue weighted by atomic mass is 35.5. The van der Waals surface area contributed by atoms with E-state index in [1.54, 1.807) is 36.6 Å². The van der Waals surface area contributed by atoms with Gasteiger partial charge in [0, 0.05) is 23.0 Å². The highest BCUT2D eigenvalue weighted by molar-refractivity contribution is 7.80. The molecule has 8 heteroatoms. The lowest BCUT2D eigenvalue weighted by atomic mass is 9.95. The molecule has 0 atom stereocenters. The molecule has 0 spiro atoms. The summed E-state index contributed by atoms with van der Waals surface area (Å²) < 4.78 is 12.9. The molecular formula is C21H27ClN2O3S2. The van der Waals surface area contributed by atoms with Gasteiger partial charge in [-0.2, -0.15) is 0 Å². The SMILES string of the molecule is COc1ccc(Cl)cc1C(=S)N=c1sc(C(C)(C)C)cn1CC(C)(C)OC(C)=O. The maximum atomic E-state index is 11.5. The summed E-state index contributed by atoms with van der Waals surface area (Å²) in [4.78, 5) is 18.4. The van der Waals surface area contributed by atoms with E-state index in [2.05, 4.69) is 20.8 Å². The van der Waals surface area contributed by atoms with Crippen LogP contribution >= 0.6 is 35.2 Å². The molecule has 29 heavy (non-hydrogen) atoms. The first-order valence-corrected chi connectivity index (χ1v) is 10.8. The summed E-state index contributed by atoms with van der Waals surface area (Å²) in [5.74, 6) is 0.294. The van der Waals surface area contributed by atoms with Crippen molar-refractivity contribution in [2.45, 2.75) is 59.1 Å². The highest BCUT2D eigenvalue weighted by Gasteiger charge is 2.25.